The van der Waals surface area contributed by atoms with Crippen molar-refractivity contribution in [3.63, 3.8) is 0 Å². The van der Waals surface area contributed by atoms with E-state index in [-0.39, 0.29) is 23.5 Å². The summed E-state index contributed by atoms with van der Waals surface area (Å²) in [5.74, 6) is 5.27. The molecular weight excluding hydrogens is 316 g/mol. The zero-order chi connectivity index (χ0) is 18.9. The molecule has 1 aliphatic rings. The Morgan fingerprint density at radius 3 is 2.08 bits per heavy atom. The molecule has 138 valence electrons. The van der Waals surface area contributed by atoms with Crippen molar-refractivity contribution in [1.82, 2.24) is 9.80 Å². The van der Waals surface area contributed by atoms with Gasteiger partial charge in [0.25, 0.3) is 0 Å². The molecule has 24 heavy (non-hydrogen) atoms. The van der Waals surface area contributed by atoms with Gasteiger partial charge < -0.3 is 15.1 Å². The summed E-state index contributed by atoms with van der Waals surface area (Å²) in [5, 5.41) is 18.8. The lowest BCUT2D eigenvalue weighted by molar-refractivity contribution is -0.00166. The molecular formula is C15H28N4O5. The van der Waals surface area contributed by atoms with Crippen LogP contribution in [-0.2, 0) is 4.84 Å². The molecule has 0 aromatic rings. The van der Waals surface area contributed by atoms with Crippen LogP contribution >= 0.6 is 0 Å². The number of hydrogen-bond donors (Lipinski definition) is 3. The van der Waals surface area contributed by atoms with Crippen LogP contribution in [-0.4, -0.2) is 62.4 Å². The highest BCUT2D eigenvalue weighted by Crippen LogP contribution is 2.35. The predicted molar refractivity (Wildman–Crippen MR) is 88.7 cm³/mol. The molecule has 2 amide bonds. The second-order valence-electron chi connectivity index (χ2n) is 7.95. The highest BCUT2D eigenvalue weighted by Gasteiger charge is 2.47. The van der Waals surface area contributed by atoms with Crippen molar-refractivity contribution in [2.75, 3.05) is 6.54 Å². The van der Waals surface area contributed by atoms with Crippen molar-refractivity contribution < 1.29 is 24.6 Å². The first kappa shape index (κ1) is 20.2. The second kappa shape index (κ2) is 6.94. The van der Waals surface area contributed by atoms with Crippen LogP contribution in [0.25, 0.3) is 0 Å². The second-order valence-corrected chi connectivity index (χ2v) is 7.95. The number of hydrogen-bond acceptors (Lipinski definition) is 4. The molecule has 2 atom stereocenters. The van der Waals surface area contributed by atoms with Gasteiger partial charge in [-0.15, -0.1) is 4.99 Å². The first-order valence-corrected chi connectivity index (χ1v) is 7.77. The third-order valence-corrected chi connectivity index (χ3v) is 3.92. The zero-order valence-corrected chi connectivity index (χ0v) is 15.1. The van der Waals surface area contributed by atoms with E-state index in [1.807, 2.05) is 20.8 Å². The van der Waals surface area contributed by atoms with Gasteiger partial charge in [0, 0.05) is 12.1 Å². The van der Waals surface area contributed by atoms with Gasteiger partial charge in [0.2, 0.25) is 5.96 Å². The van der Waals surface area contributed by atoms with Gasteiger partial charge in [0.1, 0.15) is 6.10 Å². The van der Waals surface area contributed by atoms with Gasteiger partial charge in [-0.05, 0) is 32.6 Å². The summed E-state index contributed by atoms with van der Waals surface area (Å²) >= 11 is 0. The van der Waals surface area contributed by atoms with Crippen molar-refractivity contribution in [1.29, 1.82) is 0 Å². The van der Waals surface area contributed by atoms with E-state index >= 15 is 0 Å². The van der Waals surface area contributed by atoms with Crippen molar-refractivity contribution in [2.24, 2.45) is 16.3 Å². The lowest BCUT2D eigenvalue weighted by Crippen LogP contribution is -2.59. The van der Waals surface area contributed by atoms with Gasteiger partial charge >= 0.3 is 12.2 Å². The normalized spacial score (nSPS) is 22.6. The molecule has 1 heterocycles. The average molecular weight is 344 g/mol. The first-order chi connectivity index (χ1) is 10.8. The van der Waals surface area contributed by atoms with Crippen LogP contribution in [0.15, 0.2) is 4.99 Å². The van der Waals surface area contributed by atoms with Crippen molar-refractivity contribution >= 4 is 18.1 Å². The minimum atomic E-state index is -1.45. The van der Waals surface area contributed by atoms with Gasteiger partial charge in [-0.25, -0.2) is 20.4 Å². The molecule has 0 saturated carbocycles. The van der Waals surface area contributed by atoms with Crippen molar-refractivity contribution in [3.05, 3.63) is 0 Å². The third kappa shape index (κ3) is 4.35. The van der Waals surface area contributed by atoms with Gasteiger partial charge in [-0.2, -0.15) is 0 Å². The summed E-state index contributed by atoms with van der Waals surface area (Å²) in [6, 6.07) is -0.315. The fourth-order valence-corrected chi connectivity index (χ4v) is 3.16. The number of nitrogens with two attached hydrogens (primary N) is 1. The number of nitrogens with zero attached hydrogens (tertiary/aromatic N) is 3. The van der Waals surface area contributed by atoms with E-state index in [1.165, 1.54) is 0 Å². The maximum absolute atomic E-state index is 11.8. The van der Waals surface area contributed by atoms with Crippen LogP contribution in [0.5, 0.6) is 0 Å². The van der Waals surface area contributed by atoms with Crippen LogP contribution in [0.4, 0.5) is 9.59 Å². The van der Waals surface area contributed by atoms with Crippen LogP contribution in [0.3, 0.4) is 0 Å². The number of rotatable bonds is 1. The molecule has 0 aromatic heterocycles. The minimum Gasteiger partial charge on any atom is -0.465 e. The molecule has 1 aliphatic heterocycles. The Morgan fingerprint density at radius 2 is 1.75 bits per heavy atom. The monoisotopic (exact) mass is 344 g/mol. The average Bonchev–Trinajstić information content (AvgIpc) is 2.78. The fraction of sp³-hybridized carbons (Fsp3) is 0.800. The molecule has 1 rings (SSSR count). The smallest absolute Gasteiger partial charge is 0.434 e. The number of guanidine groups is 1. The van der Waals surface area contributed by atoms with Gasteiger partial charge in [0.05, 0.1) is 6.04 Å². The van der Waals surface area contributed by atoms with Gasteiger partial charge in [-0.3, -0.25) is 4.84 Å². The number of carboxylic acid groups (broad SMARTS) is 2. The molecule has 9 nitrogen and oxygen atoms in total. The number of aliphatic imine (C=N–C) groups is 1. The molecule has 0 bridgehead atoms. The van der Waals surface area contributed by atoms with Gasteiger partial charge in [-0.1, -0.05) is 20.8 Å². The molecule has 4 N–H and O–H groups in total. The van der Waals surface area contributed by atoms with E-state index in [4.69, 9.17) is 15.8 Å². The van der Waals surface area contributed by atoms with E-state index in [0.29, 0.717) is 13.0 Å². The SMILES string of the molecule is CC(C)(C)C1[C@@H](ON)CCN1C(=NC(=O)O)N(C(=O)O)C(C)(C)C. The van der Waals surface area contributed by atoms with E-state index < -0.39 is 17.7 Å². The Hall–Kier alpha value is -1.87. The molecule has 1 saturated heterocycles. The van der Waals surface area contributed by atoms with E-state index in [2.05, 4.69) is 4.99 Å². The van der Waals surface area contributed by atoms with E-state index in [0.717, 1.165) is 4.90 Å². The summed E-state index contributed by atoms with van der Waals surface area (Å²) in [6.07, 6.45) is -2.52. The molecule has 0 radical (unpaired) electrons. The zero-order valence-electron chi connectivity index (χ0n) is 15.1. The van der Waals surface area contributed by atoms with Crippen LogP contribution in [0.1, 0.15) is 48.0 Å². The maximum Gasteiger partial charge on any atom is 0.434 e. The Kier molecular flexibility index (Phi) is 5.83. The Bertz CT molecular complexity index is 521. The standard InChI is InChI=1S/C15H28N4O5/c1-14(2,3)10-9(24-16)7-8-18(10)11(17-12(20)21)19(13(22)23)15(4,5)6/h9-10H,7-8,16H2,1-6H3,(H,20,21)(H,22,23)/t9-,10?/m0/s1. The predicted octanol–water partition coefficient (Wildman–Crippen LogP) is 2.18. The van der Waals surface area contributed by atoms with Crippen LogP contribution in [0.2, 0.25) is 0 Å². The molecule has 9 heteroatoms. The van der Waals surface area contributed by atoms with E-state index in [1.54, 1.807) is 25.7 Å². The summed E-state index contributed by atoms with van der Waals surface area (Å²) in [6.45, 7) is 11.3. The quantitative estimate of drug-likeness (QED) is 0.378. The molecule has 0 spiro atoms. The van der Waals surface area contributed by atoms with Crippen molar-refractivity contribution in [2.45, 2.75) is 65.6 Å². The third-order valence-electron chi connectivity index (χ3n) is 3.92. The summed E-state index contributed by atoms with van der Waals surface area (Å²) in [4.78, 5) is 34.3. The molecule has 1 unspecified atom stereocenters. The fourth-order valence-electron chi connectivity index (χ4n) is 3.16. The van der Waals surface area contributed by atoms with Crippen molar-refractivity contribution in [3.8, 4) is 0 Å². The highest BCUT2D eigenvalue weighted by atomic mass is 16.6. The van der Waals surface area contributed by atoms with E-state index in [9.17, 15) is 14.7 Å². The van der Waals surface area contributed by atoms with Crippen LogP contribution < -0.4 is 5.90 Å². The molecule has 0 aromatic carbocycles. The first-order valence-electron chi connectivity index (χ1n) is 7.77. The maximum atomic E-state index is 11.8. The summed E-state index contributed by atoms with van der Waals surface area (Å²) in [7, 11) is 0. The highest BCUT2D eigenvalue weighted by molar-refractivity contribution is 5.99. The number of likely N-dealkylation sites (tertiary alicyclic amines) is 1. The Balaban J connectivity index is 3.46. The molecule has 1 fully saturated rings. The number of carbonyl (C=O) groups is 2. The molecule has 0 aliphatic carbocycles. The largest absolute Gasteiger partial charge is 0.465 e. The number of amides is 2. The lowest BCUT2D eigenvalue weighted by atomic mass is 9.84. The minimum absolute atomic E-state index is 0.123. The topological polar surface area (TPSA) is 129 Å². The Labute approximate surface area is 142 Å². The Morgan fingerprint density at radius 1 is 1.21 bits per heavy atom. The van der Waals surface area contributed by atoms with Gasteiger partial charge in [0.15, 0.2) is 0 Å². The lowest BCUT2D eigenvalue weighted by Gasteiger charge is -2.43. The summed E-state index contributed by atoms with van der Waals surface area (Å²) < 4.78 is 0. The van der Waals surface area contributed by atoms with Crippen LogP contribution in [0, 0.1) is 5.41 Å². The summed E-state index contributed by atoms with van der Waals surface area (Å²) in [5.41, 5.74) is -1.20.